The first-order valence-electron chi connectivity index (χ1n) is 17.9. The van der Waals surface area contributed by atoms with Crippen molar-refractivity contribution in [2.75, 3.05) is 0 Å². The molecule has 0 spiro atoms. The zero-order valence-corrected chi connectivity index (χ0v) is 28.5. The van der Waals surface area contributed by atoms with Crippen LogP contribution in [0.3, 0.4) is 0 Å². The minimum absolute atomic E-state index is 0.0456. The fourth-order valence-electron chi connectivity index (χ4n) is 8.36. The Morgan fingerprint density at radius 1 is 0.714 bits per heavy atom. The van der Waals surface area contributed by atoms with Gasteiger partial charge in [-0.05, 0) is 64.6 Å². The molecule has 3 aromatic rings. The molecule has 2 aliphatic heterocycles. The van der Waals surface area contributed by atoms with Crippen molar-refractivity contribution in [1.82, 2.24) is 10.6 Å². The Bertz CT molecular complexity index is 2020. The van der Waals surface area contributed by atoms with Crippen molar-refractivity contribution in [1.29, 1.82) is 0 Å². The van der Waals surface area contributed by atoms with Crippen molar-refractivity contribution in [3.8, 4) is 11.1 Å². The van der Waals surface area contributed by atoms with Crippen LogP contribution < -0.4 is 10.6 Å². The van der Waals surface area contributed by atoms with Gasteiger partial charge in [0.1, 0.15) is 6.17 Å². The zero-order valence-electron chi connectivity index (χ0n) is 27.7. The van der Waals surface area contributed by atoms with Gasteiger partial charge in [0.2, 0.25) is 0 Å². The molecule has 9 rings (SSSR count). The summed E-state index contributed by atoms with van der Waals surface area (Å²) in [5.74, 6) is 1.25. The minimum atomic E-state index is 0.0456. The molecule has 2 nitrogen and oxygen atoms in total. The number of hydrogen-bond donors (Lipinski definition) is 2. The van der Waals surface area contributed by atoms with E-state index in [2.05, 4.69) is 168 Å². The molecule has 3 heteroatoms. The molecule has 0 aromatic heterocycles. The third-order valence-electron chi connectivity index (χ3n) is 10.9. The third kappa shape index (κ3) is 5.90. The molecule has 49 heavy (non-hydrogen) atoms. The molecule has 6 aliphatic rings. The van der Waals surface area contributed by atoms with E-state index in [4.69, 9.17) is 0 Å². The average Bonchev–Trinajstić information content (AvgIpc) is 3.58. The summed E-state index contributed by atoms with van der Waals surface area (Å²) >= 11 is 2.02. The first-order valence-corrected chi connectivity index (χ1v) is 18.8. The lowest BCUT2D eigenvalue weighted by atomic mass is 9.79. The van der Waals surface area contributed by atoms with E-state index < -0.39 is 0 Å². The van der Waals surface area contributed by atoms with E-state index in [9.17, 15) is 0 Å². The fraction of sp³-hybridized carbons (Fsp3) is 0.217. The van der Waals surface area contributed by atoms with E-state index in [-0.39, 0.29) is 12.2 Å². The quantitative estimate of drug-likeness (QED) is 0.277. The molecular formula is C46H42N2S. The van der Waals surface area contributed by atoms with Crippen molar-refractivity contribution in [2.45, 2.75) is 59.9 Å². The Hall–Kier alpha value is -4.57. The van der Waals surface area contributed by atoms with E-state index in [1.807, 2.05) is 11.8 Å². The minimum Gasteiger partial charge on any atom is -0.365 e. The molecule has 0 fully saturated rings. The van der Waals surface area contributed by atoms with Crippen molar-refractivity contribution >= 4 is 17.3 Å². The largest absolute Gasteiger partial charge is 0.365 e. The van der Waals surface area contributed by atoms with Gasteiger partial charge in [-0.1, -0.05) is 158 Å². The Morgan fingerprint density at radius 3 is 2.39 bits per heavy atom. The first-order chi connectivity index (χ1) is 24.3. The van der Waals surface area contributed by atoms with Crippen LogP contribution in [-0.4, -0.2) is 17.5 Å². The molecule has 6 atom stereocenters. The van der Waals surface area contributed by atoms with Crippen LogP contribution in [0.25, 0.3) is 16.7 Å². The molecule has 2 N–H and O–H groups in total. The number of fused-ring (bicyclic) bond motifs is 3. The molecule has 4 aliphatic carbocycles. The highest BCUT2D eigenvalue weighted by atomic mass is 32.2. The zero-order chi connectivity index (χ0) is 32.6. The van der Waals surface area contributed by atoms with Gasteiger partial charge in [-0.15, -0.1) is 11.8 Å². The van der Waals surface area contributed by atoms with Gasteiger partial charge in [-0.2, -0.15) is 0 Å². The Labute approximate surface area is 295 Å². The number of hydrogen-bond acceptors (Lipinski definition) is 3. The maximum atomic E-state index is 4.10. The van der Waals surface area contributed by atoms with Crippen LogP contribution in [-0.2, 0) is 0 Å². The Balaban J connectivity index is 0.974. The number of nitrogens with one attached hydrogen (secondary N) is 2. The monoisotopic (exact) mass is 654 g/mol. The van der Waals surface area contributed by atoms with Gasteiger partial charge in [0.15, 0.2) is 0 Å². The van der Waals surface area contributed by atoms with Gasteiger partial charge in [0, 0.05) is 45.2 Å². The summed E-state index contributed by atoms with van der Waals surface area (Å²) in [6, 6.07) is 27.4. The molecule has 242 valence electrons. The second-order valence-corrected chi connectivity index (χ2v) is 15.1. The van der Waals surface area contributed by atoms with Crippen molar-refractivity contribution in [3.05, 3.63) is 191 Å². The highest BCUT2D eigenvalue weighted by molar-refractivity contribution is 8.00. The lowest BCUT2D eigenvalue weighted by Crippen LogP contribution is -2.55. The van der Waals surface area contributed by atoms with E-state index in [0.717, 1.165) is 25.7 Å². The number of allylic oxidation sites excluding steroid dienone is 12. The van der Waals surface area contributed by atoms with E-state index in [1.165, 1.54) is 55.1 Å². The molecule has 0 bridgehead atoms. The highest BCUT2D eigenvalue weighted by Crippen LogP contribution is 2.51. The van der Waals surface area contributed by atoms with Gasteiger partial charge in [0.05, 0.1) is 0 Å². The van der Waals surface area contributed by atoms with Crippen LogP contribution in [0.15, 0.2) is 180 Å². The Morgan fingerprint density at radius 2 is 1.59 bits per heavy atom. The second-order valence-electron chi connectivity index (χ2n) is 13.9. The maximum absolute atomic E-state index is 4.10. The maximum Gasteiger partial charge on any atom is 0.103 e. The molecule has 0 radical (unpaired) electrons. The van der Waals surface area contributed by atoms with Crippen molar-refractivity contribution in [3.63, 3.8) is 0 Å². The number of benzene rings is 3. The lowest BCUT2D eigenvalue weighted by molar-refractivity contribution is 0.396. The summed E-state index contributed by atoms with van der Waals surface area (Å²) < 4.78 is 0. The molecule has 0 saturated carbocycles. The number of thioether (sulfide) groups is 1. The third-order valence-corrected chi connectivity index (χ3v) is 12.3. The van der Waals surface area contributed by atoms with Crippen LogP contribution >= 0.6 is 11.8 Å². The predicted molar refractivity (Wildman–Crippen MR) is 207 cm³/mol. The van der Waals surface area contributed by atoms with Gasteiger partial charge >= 0.3 is 0 Å². The summed E-state index contributed by atoms with van der Waals surface area (Å²) in [7, 11) is 0. The van der Waals surface area contributed by atoms with Crippen LogP contribution in [0.5, 0.6) is 0 Å². The molecule has 0 saturated heterocycles. The Kier molecular flexibility index (Phi) is 8.33. The van der Waals surface area contributed by atoms with Gasteiger partial charge in [-0.25, -0.2) is 0 Å². The molecule has 2 heterocycles. The van der Waals surface area contributed by atoms with Gasteiger partial charge in [0.25, 0.3) is 0 Å². The van der Waals surface area contributed by atoms with Gasteiger partial charge < -0.3 is 5.32 Å². The van der Waals surface area contributed by atoms with Crippen LogP contribution in [0.4, 0.5) is 0 Å². The normalized spacial score (nSPS) is 28.2. The summed E-state index contributed by atoms with van der Waals surface area (Å²) in [5, 5.41) is 8.64. The predicted octanol–water partition coefficient (Wildman–Crippen LogP) is 10.7. The van der Waals surface area contributed by atoms with E-state index in [1.54, 1.807) is 0 Å². The molecule has 6 unspecified atom stereocenters. The lowest BCUT2D eigenvalue weighted by Gasteiger charge is -2.42. The summed E-state index contributed by atoms with van der Waals surface area (Å²) in [4.78, 5) is 1.45. The summed E-state index contributed by atoms with van der Waals surface area (Å²) in [5.41, 5.74) is 12.2. The van der Waals surface area contributed by atoms with E-state index in [0.29, 0.717) is 23.0 Å². The molecule has 3 aromatic carbocycles. The summed E-state index contributed by atoms with van der Waals surface area (Å²) in [6.07, 6.45) is 36.5. The van der Waals surface area contributed by atoms with Crippen LogP contribution in [0, 0.1) is 5.92 Å². The van der Waals surface area contributed by atoms with Crippen molar-refractivity contribution in [2.24, 2.45) is 5.92 Å². The SMILES string of the molecule is C1=CCCC(C2=C(c3ccccc3)C(C3C=CC=CC3)NC(C3=CCC(c4ccc(-c5cccc6c5SC5C=CC=CC65)cc4)C=C3)N2)=C1. The van der Waals surface area contributed by atoms with Crippen LogP contribution in [0.2, 0.25) is 0 Å². The summed E-state index contributed by atoms with van der Waals surface area (Å²) in [6.45, 7) is 0. The fourth-order valence-corrected chi connectivity index (χ4v) is 9.84. The standard InChI is InChI=1S/C46H42N2S/c1-4-13-34(14-5-1)42-43(35-15-6-2-7-16-35)47-46(48-44(42)36-17-8-3-9-18-36)37-29-25-32(26-30-37)31-23-27-33(28-24-31)38-20-12-21-40-39-19-10-11-22-41(39)49-45(38)40/h1-8,10-15,17,19-25,27-30,32,35,39,41,43,46-48H,9,16,18,26H2. The molecule has 0 amide bonds. The smallest absolute Gasteiger partial charge is 0.103 e. The highest BCUT2D eigenvalue weighted by Gasteiger charge is 2.36. The van der Waals surface area contributed by atoms with Crippen molar-refractivity contribution < 1.29 is 0 Å². The average molecular weight is 655 g/mol. The van der Waals surface area contributed by atoms with Gasteiger partial charge in [-0.3, -0.25) is 5.32 Å². The topological polar surface area (TPSA) is 24.1 Å². The number of rotatable bonds is 6. The second kappa shape index (κ2) is 13.4. The molecular weight excluding hydrogens is 613 g/mol. The van der Waals surface area contributed by atoms with Crippen LogP contribution in [0.1, 0.15) is 54.2 Å². The first kappa shape index (κ1) is 30.5. The van der Waals surface area contributed by atoms with E-state index >= 15 is 0 Å².